The lowest BCUT2D eigenvalue weighted by molar-refractivity contribution is 0.0842. The highest BCUT2D eigenvalue weighted by Gasteiger charge is 2.50. The van der Waals surface area contributed by atoms with E-state index in [1.54, 1.807) is 0 Å². The lowest BCUT2D eigenvalue weighted by Gasteiger charge is -2.25. The summed E-state index contributed by atoms with van der Waals surface area (Å²) >= 11 is 0. The van der Waals surface area contributed by atoms with Gasteiger partial charge in [-0.2, -0.15) is 5.26 Å². The number of Topliss-reactive ketones (excluding diaryl/α,β-unsaturated/α-hetero) is 1. The molecular formula is C15H15NO. The third-order valence-corrected chi connectivity index (χ3v) is 4.43. The molecule has 0 radical (unpaired) electrons. The van der Waals surface area contributed by atoms with Crippen LogP contribution in [0, 0.1) is 35.0 Å². The summed E-state index contributed by atoms with van der Waals surface area (Å²) in [5.41, 5.74) is 0.769. The van der Waals surface area contributed by atoms with E-state index >= 15 is 0 Å². The molecular weight excluding hydrogens is 210 g/mol. The fourth-order valence-corrected chi connectivity index (χ4v) is 3.65. The van der Waals surface area contributed by atoms with E-state index < -0.39 is 0 Å². The summed E-state index contributed by atoms with van der Waals surface area (Å²) in [5, 5.41) is 9.25. The maximum absolute atomic E-state index is 12.5. The van der Waals surface area contributed by atoms with E-state index in [1.807, 2.05) is 30.3 Å². The van der Waals surface area contributed by atoms with Crippen LogP contribution in [0.3, 0.4) is 0 Å². The molecule has 4 atom stereocenters. The smallest absolute Gasteiger partial charge is 0.167 e. The molecule has 3 rings (SSSR count). The van der Waals surface area contributed by atoms with Crippen LogP contribution in [0.25, 0.3) is 0 Å². The second-order valence-electron chi connectivity index (χ2n) is 5.24. The van der Waals surface area contributed by atoms with Crippen LogP contribution in [0.2, 0.25) is 0 Å². The first-order chi connectivity index (χ1) is 8.31. The number of carbonyl (C=O) groups is 1. The van der Waals surface area contributed by atoms with Crippen LogP contribution in [0.15, 0.2) is 30.3 Å². The molecule has 0 N–H and O–H groups in total. The molecule has 17 heavy (non-hydrogen) atoms. The molecule has 2 fully saturated rings. The van der Waals surface area contributed by atoms with Crippen LogP contribution in [0.1, 0.15) is 29.6 Å². The largest absolute Gasteiger partial charge is 0.294 e. The van der Waals surface area contributed by atoms with Crippen LogP contribution in [-0.4, -0.2) is 5.78 Å². The molecule has 0 aliphatic heterocycles. The van der Waals surface area contributed by atoms with Gasteiger partial charge in [0, 0.05) is 11.5 Å². The average molecular weight is 225 g/mol. The first kappa shape index (κ1) is 10.5. The number of nitriles is 1. The topological polar surface area (TPSA) is 40.9 Å². The van der Waals surface area contributed by atoms with Gasteiger partial charge in [-0.05, 0) is 31.1 Å². The highest BCUT2D eigenvalue weighted by molar-refractivity contribution is 5.98. The van der Waals surface area contributed by atoms with Crippen molar-refractivity contribution in [1.29, 1.82) is 5.26 Å². The monoisotopic (exact) mass is 225 g/mol. The number of rotatable bonds is 2. The summed E-state index contributed by atoms with van der Waals surface area (Å²) in [7, 11) is 0. The third kappa shape index (κ3) is 1.58. The molecule has 0 heterocycles. The van der Waals surface area contributed by atoms with Crippen LogP contribution in [-0.2, 0) is 0 Å². The lowest BCUT2D eigenvalue weighted by Crippen LogP contribution is -2.28. The minimum Gasteiger partial charge on any atom is -0.294 e. The van der Waals surface area contributed by atoms with Gasteiger partial charge < -0.3 is 0 Å². The van der Waals surface area contributed by atoms with Crippen molar-refractivity contribution in [2.75, 3.05) is 0 Å². The standard InChI is InChI=1S/C15H15NO/c16-9-13-11-6-7-12(8-11)14(13)15(17)10-4-2-1-3-5-10/h1-5,11-14H,6-8H2/t11-,12-,13+,14+/m1/s1. The molecule has 2 aliphatic rings. The van der Waals surface area contributed by atoms with Gasteiger partial charge in [-0.15, -0.1) is 0 Å². The van der Waals surface area contributed by atoms with Crippen molar-refractivity contribution < 1.29 is 4.79 Å². The zero-order valence-corrected chi connectivity index (χ0v) is 9.67. The predicted octanol–water partition coefficient (Wildman–Crippen LogP) is 3.06. The van der Waals surface area contributed by atoms with E-state index in [1.165, 1.54) is 0 Å². The Balaban J connectivity index is 1.90. The summed E-state index contributed by atoms with van der Waals surface area (Å²) in [5.74, 6) is 1.03. The minimum atomic E-state index is -0.0406. The Kier molecular flexibility index (Phi) is 2.48. The van der Waals surface area contributed by atoms with Gasteiger partial charge in [0.05, 0.1) is 12.0 Å². The van der Waals surface area contributed by atoms with E-state index in [-0.39, 0.29) is 17.6 Å². The molecule has 0 amide bonds. The molecule has 2 aliphatic carbocycles. The van der Waals surface area contributed by atoms with Gasteiger partial charge in [-0.3, -0.25) is 4.79 Å². The summed E-state index contributed by atoms with van der Waals surface area (Å²) < 4.78 is 0. The van der Waals surface area contributed by atoms with Gasteiger partial charge in [-0.25, -0.2) is 0 Å². The number of carbonyl (C=O) groups excluding carboxylic acids is 1. The van der Waals surface area contributed by atoms with Gasteiger partial charge in [0.2, 0.25) is 0 Å². The molecule has 2 bridgehead atoms. The van der Waals surface area contributed by atoms with Crippen LogP contribution in [0.4, 0.5) is 0 Å². The minimum absolute atomic E-state index is 0.0403. The van der Waals surface area contributed by atoms with Gasteiger partial charge in [-0.1, -0.05) is 30.3 Å². The number of hydrogen-bond acceptors (Lipinski definition) is 2. The second-order valence-corrected chi connectivity index (χ2v) is 5.24. The van der Waals surface area contributed by atoms with Crippen molar-refractivity contribution in [3.05, 3.63) is 35.9 Å². The maximum Gasteiger partial charge on any atom is 0.167 e. The number of nitrogens with zero attached hydrogens (tertiary/aromatic N) is 1. The number of benzene rings is 1. The van der Waals surface area contributed by atoms with E-state index in [0.29, 0.717) is 11.8 Å². The molecule has 86 valence electrons. The second kappa shape index (κ2) is 4.00. The molecule has 1 aromatic carbocycles. The number of ketones is 1. The van der Waals surface area contributed by atoms with Crippen molar-refractivity contribution in [3.8, 4) is 6.07 Å². The molecule has 2 saturated carbocycles. The van der Waals surface area contributed by atoms with Gasteiger partial charge >= 0.3 is 0 Å². The first-order valence-electron chi connectivity index (χ1n) is 6.30. The van der Waals surface area contributed by atoms with Gasteiger partial charge in [0.1, 0.15) is 0 Å². The van der Waals surface area contributed by atoms with E-state index in [4.69, 9.17) is 0 Å². The molecule has 2 nitrogen and oxygen atoms in total. The van der Waals surface area contributed by atoms with Crippen LogP contribution >= 0.6 is 0 Å². The van der Waals surface area contributed by atoms with Gasteiger partial charge in [0.15, 0.2) is 5.78 Å². The normalized spacial score (nSPS) is 34.5. The zero-order valence-electron chi connectivity index (χ0n) is 9.67. The Morgan fingerprint density at radius 1 is 1.18 bits per heavy atom. The Bertz CT molecular complexity index is 473. The molecule has 1 aromatic rings. The summed E-state index contributed by atoms with van der Waals surface area (Å²) in [6, 6.07) is 11.8. The summed E-state index contributed by atoms with van der Waals surface area (Å²) in [6.45, 7) is 0. The highest BCUT2D eigenvalue weighted by Crippen LogP contribution is 2.52. The fraction of sp³-hybridized carbons (Fsp3) is 0.467. The van der Waals surface area contributed by atoms with E-state index in [0.717, 1.165) is 24.8 Å². The SMILES string of the molecule is N#C[C@H]1[C@@H]2CC[C@H](C2)[C@@H]1C(=O)c1ccccc1. The van der Waals surface area contributed by atoms with Crippen molar-refractivity contribution in [3.63, 3.8) is 0 Å². The Labute approximate surface area is 101 Å². The van der Waals surface area contributed by atoms with Crippen molar-refractivity contribution >= 4 is 5.78 Å². The molecule has 0 spiro atoms. The molecule has 2 heteroatoms. The fourth-order valence-electron chi connectivity index (χ4n) is 3.65. The molecule has 0 aromatic heterocycles. The lowest BCUT2D eigenvalue weighted by atomic mass is 9.76. The Morgan fingerprint density at radius 2 is 1.88 bits per heavy atom. The van der Waals surface area contributed by atoms with E-state index in [2.05, 4.69) is 6.07 Å². The highest BCUT2D eigenvalue weighted by atomic mass is 16.1. The first-order valence-corrected chi connectivity index (χ1v) is 6.30. The van der Waals surface area contributed by atoms with Gasteiger partial charge in [0.25, 0.3) is 0 Å². The average Bonchev–Trinajstić information content (AvgIpc) is 2.98. The van der Waals surface area contributed by atoms with Crippen molar-refractivity contribution in [1.82, 2.24) is 0 Å². The third-order valence-electron chi connectivity index (χ3n) is 4.43. The summed E-state index contributed by atoms with van der Waals surface area (Å²) in [6.07, 6.45) is 3.36. The van der Waals surface area contributed by atoms with Crippen LogP contribution in [0.5, 0.6) is 0 Å². The number of fused-ring (bicyclic) bond motifs is 2. The van der Waals surface area contributed by atoms with E-state index in [9.17, 15) is 10.1 Å². The summed E-state index contributed by atoms with van der Waals surface area (Å²) in [4.78, 5) is 12.5. The Hall–Kier alpha value is -1.62. The maximum atomic E-state index is 12.5. The molecule has 0 unspecified atom stereocenters. The molecule has 0 saturated heterocycles. The predicted molar refractivity (Wildman–Crippen MR) is 64.2 cm³/mol. The van der Waals surface area contributed by atoms with Crippen molar-refractivity contribution in [2.45, 2.75) is 19.3 Å². The zero-order chi connectivity index (χ0) is 11.8. The van der Waals surface area contributed by atoms with Crippen LogP contribution < -0.4 is 0 Å². The quantitative estimate of drug-likeness (QED) is 0.726. The van der Waals surface area contributed by atoms with Crippen molar-refractivity contribution in [2.24, 2.45) is 23.7 Å². The number of hydrogen-bond donors (Lipinski definition) is 0. The Morgan fingerprint density at radius 3 is 2.59 bits per heavy atom.